The first kappa shape index (κ1) is 16.4. The van der Waals surface area contributed by atoms with Crippen LogP contribution in [0, 0.1) is 11.3 Å². The van der Waals surface area contributed by atoms with Crippen molar-refractivity contribution in [1.82, 2.24) is 14.6 Å². The van der Waals surface area contributed by atoms with Crippen molar-refractivity contribution in [1.29, 1.82) is 5.26 Å². The Morgan fingerprint density at radius 3 is 2.48 bits per heavy atom. The number of halogens is 3. The minimum absolute atomic E-state index is 0.0461. The summed E-state index contributed by atoms with van der Waals surface area (Å²) in [7, 11) is 0. The normalized spacial score (nSPS) is 11.3. The van der Waals surface area contributed by atoms with E-state index in [2.05, 4.69) is 15.4 Å². The molecule has 126 valence electrons. The summed E-state index contributed by atoms with van der Waals surface area (Å²) in [5.74, 6) is -0.480. The van der Waals surface area contributed by atoms with E-state index in [1.807, 2.05) is 0 Å². The number of aromatic nitrogens is 3. The molecule has 0 aliphatic rings. The third-order valence-electron chi connectivity index (χ3n) is 3.37. The average molecular weight is 345 g/mol. The second-order valence-corrected chi connectivity index (χ2v) is 5.11. The molecule has 0 aliphatic carbocycles. The van der Waals surface area contributed by atoms with Gasteiger partial charge >= 0.3 is 6.18 Å². The van der Waals surface area contributed by atoms with Crippen molar-refractivity contribution in [2.24, 2.45) is 0 Å². The van der Waals surface area contributed by atoms with Crippen molar-refractivity contribution < 1.29 is 18.0 Å². The number of alkyl halides is 3. The zero-order chi connectivity index (χ0) is 18.0. The van der Waals surface area contributed by atoms with Gasteiger partial charge in [-0.05, 0) is 29.8 Å². The molecule has 0 atom stereocenters. The zero-order valence-electron chi connectivity index (χ0n) is 12.6. The summed E-state index contributed by atoms with van der Waals surface area (Å²) in [4.78, 5) is 15.5. The molecule has 0 saturated heterocycles. The highest BCUT2D eigenvalue weighted by molar-refractivity contribution is 5.90. The van der Waals surface area contributed by atoms with Crippen molar-refractivity contribution >= 4 is 17.5 Å². The maximum absolute atomic E-state index is 12.6. The Hall–Kier alpha value is -3.41. The molecule has 2 aromatic heterocycles. The van der Waals surface area contributed by atoms with Crippen LogP contribution in [0.5, 0.6) is 0 Å². The number of nitrogens with one attached hydrogen (secondary N) is 1. The number of nitriles is 1. The maximum atomic E-state index is 12.6. The topological polar surface area (TPSA) is 83.1 Å². The van der Waals surface area contributed by atoms with Gasteiger partial charge in [-0.2, -0.15) is 23.4 Å². The lowest BCUT2D eigenvalue weighted by molar-refractivity contribution is -0.137. The fourth-order valence-corrected chi connectivity index (χ4v) is 2.20. The molecule has 0 aliphatic heterocycles. The predicted octanol–water partition coefficient (Wildman–Crippen LogP) is 3.27. The van der Waals surface area contributed by atoms with Crippen LogP contribution >= 0.6 is 0 Å². The molecule has 0 fully saturated rings. The first-order chi connectivity index (χ1) is 11.9. The van der Waals surface area contributed by atoms with Gasteiger partial charge in [-0.3, -0.25) is 10.1 Å². The molecule has 25 heavy (non-hydrogen) atoms. The van der Waals surface area contributed by atoms with E-state index in [1.54, 1.807) is 24.4 Å². The molecule has 9 heteroatoms. The van der Waals surface area contributed by atoms with E-state index in [0.717, 1.165) is 12.1 Å². The Labute approximate surface area is 139 Å². The van der Waals surface area contributed by atoms with E-state index >= 15 is 0 Å². The molecule has 0 unspecified atom stereocenters. The number of carbonyl (C=O) groups is 1. The first-order valence-corrected chi connectivity index (χ1v) is 7.08. The van der Waals surface area contributed by atoms with Crippen LogP contribution in [0.1, 0.15) is 12.0 Å². The van der Waals surface area contributed by atoms with Crippen molar-refractivity contribution in [2.45, 2.75) is 12.6 Å². The number of hydrogen-bond donors (Lipinski definition) is 1. The van der Waals surface area contributed by atoms with Gasteiger partial charge in [0.05, 0.1) is 11.6 Å². The van der Waals surface area contributed by atoms with Gasteiger partial charge in [0.1, 0.15) is 6.42 Å². The second kappa shape index (κ2) is 6.24. The van der Waals surface area contributed by atoms with E-state index in [4.69, 9.17) is 5.26 Å². The number of fused-ring (bicyclic) bond motifs is 1. The van der Waals surface area contributed by atoms with Gasteiger partial charge in [0.2, 0.25) is 11.9 Å². The summed E-state index contributed by atoms with van der Waals surface area (Å²) in [6, 6.07) is 9.79. The van der Waals surface area contributed by atoms with Gasteiger partial charge in [-0.15, -0.1) is 5.10 Å². The molecule has 1 amide bonds. The highest BCUT2D eigenvalue weighted by atomic mass is 19.4. The Bertz CT molecular complexity index is 970. The van der Waals surface area contributed by atoms with Gasteiger partial charge in [0, 0.05) is 11.8 Å². The summed E-state index contributed by atoms with van der Waals surface area (Å²) in [5.41, 5.74) is 0.949. The molecule has 3 aromatic rings. The van der Waals surface area contributed by atoms with Crippen LogP contribution in [-0.2, 0) is 11.0 Å². The monoisotopic (exact) mass is 345 g/mol. The van der Waals surface area contributed by atoms with E-state index < -0.39 is 17.6 Å². The number of pyridine rings is 1. The molecule has 1 aromatic carbocycles. The van der Waals surface area contributed by atoms with Crippen molar-refractivity contribution in [2.75, 3.05) is 5.32 Å². The van der Waals surface area contributed by atoms with Gasteiger partial charge in [0.15, 0.2) is 5.65 Å². The van der Waals surface area contributed by atoms with Gasteiger partial charge in [0.25, 0.3) is 0 Å². The third kappa shape index (κ3) is 3.58. The molecule has 0 saturated carbocycles. The largest absolute Gasteiger partial charge is 0.416 e. The number of anilines is 1. The van der Waals surface area contributed by atoms with Gasteiger partial charge in [-0.25, -0.2) is 4.52 Å². The van der Waals surface area contributed by atoms with E-state index in [1.165, 1.54) is 16.6 Å². The van der Waals surface area contributed by atoms with Crippen molar-refractivity contribution in [3.63, 3.8) is 0 Å². The number of nitrogens with zero attached hydrogens (tertiary/aromatic N) is 4. The molecular weight excluding hydrogens is 335 g/mol. The molecule has 3 rings (SSSR count). The lowest BCUT2D eigenvalue weighted by Gasteiger charge is -2.07. The minimum Gasteiger partial charge on any atom is -0.292 e. The number of hydrogen-bond acceptors (Lipinski definition) is 4. The summed E-state index contributed by atoms with van der Waals surface area (Å²) in [6.45, 7) is 0. The average Bonchev–Trinajstić information content (AvgIpc) is 2.95. The van der Waals surface area contributed by atoms with Crippen LogP contribution in [0.15, 0.2) is 42.6 Å². The minimum atomic E-state index is -4.38. The van der Waals surface area contributed by atoms with Crippen LogP contribution in [0.2, 0.25) is 0 Å². The quantitative estimate of drug-likeness (QED) is 0.790. The fraction of sp³-hybridized carbons (Fsp3) is 0.125. The van der Waals surface area contributed by atoms with Gasteiger partial charge < -0.3 is 0 Å². The predicted molar refractivity (Wildman–Crippen MR) is 82.3 cm³/mol. The SMILES string of the molecule is N#CCC(=O)Nc1nc2ccc(-c3ccc(C(F)(F)F)cc3)cn2n1. The zero-order valence-corrected chi connectivity index (χ0v) is 12.6. The highest BCUT2D eigenvalue weighted by Gasteiger charge is 2.29. The number of carbonyl (C=O) groups excluding carboxylic acids is 1. The number of rotatable bonds is 3. The molecule has 6 nitrogen and oxygen atoms in total. The lowest BCUT2D eigenvalue weighted by atomic mass is 10.1. The van der Waals surface area contributed by atoms with Gasteiger partial charge in [-0.1, -0.05) is 12.1 Å². The van der Waals surface area contributed by atoms with Crippen LogP contribution in [0.4, 0.5) is 19.1 Å². The molecule has 2 heterocycles. The number of amides is 1. The lowest BCUT2D eigenvalue weighted by Crippen LogP contribution is -2.11. The fourth-order valence-electron chi connectivity index (χ4n) is 2.20. The highest BCUT2D eigenvalue weighted by Crippen LogP contribution is 2.31. The molecule has 0 bridgehead atoms. The smallest absolute Gasteiger partial charge is 0.292 e. The number of benzene rings is 1. The van der Waals surface area contributed by atoms with Crippen LogP contribution < -0.4 is 5.32 Å². The van der Waals surface area contributed by atoms with Crippen LogP contribution in [0.3, 0.4) is 0 Å². The first-order valence-electron chi connectivity index (χ1n) is 7.08. The maximum Gasteiger partial charge on any atom is 0.416 e. The summed E-state index contributed by atoms with van der Waals surface area (Å²) in [6.07, 6.45) is -3.11. The standard InChI is InChI=1S/C16H10F3N5O/c17-16(18,19)12-4-1-10(2-5-12)11-3-6-13-21-15(23-24(13)9-11)22-14(25)7-8-20/h1-6,9H,7H2,(H,22,23,25). The van der Waals surface area contributed by atoms with Crippen molar-refractivity contribution in [3.8, 4) is 17.2 Å². The van der Waals surface area contributed by atoms with E-state index in [0.29, 0.717) is 16.8 Å². The Balaban J connectivity index is 1.88. The molecular formula is C16H10F3N5O. The summed E-state index contributed by atoms with van der Waals surface area (Å²) >= 11 is 0. The summed E-state index contributed by atoms with van der Waals surface area (Å²) < 4.78 is 39.2. The Morgan fingerprint density at radius 1 is 1.16 bits per heavy atom. The summed E-state index contributed by atoms with van der Waals surface area (Å²) in [5, 5.41) is 14.9. The van der Waals surface area contributed by atoms with E-state index in [9.17, 15) is 18.0 Å². The Kier molecular flexibility index (Phi) is 4.10. The Morgan fingerprint density at radius 2 is 1.84 bits per heavy atom. The molecule has 1 N–H and O–H groups in total. The molecule has 0 spiro atoms. The second-order valence-electron chi connectivity index (χ2n) is 5.11. The van der Waals surface area contributed by atoms with Crippen LogP contribution in [0.25, 0.3) is 16.8 Å². The molecule has 0 radical (unpaired) electrons. The van der Waals surface area contributed by atoms with E-state index in [-0.39, 0.29) is 12.4 Å². The van der Waals surface area contributed by atoms with Crippen molar-refractivity contribution in [3.05, 3.63) is 48.2 Å². The third-order valence-corrected chi connectivity index (χ3v) is 3.37. The van der Waals surface area contributed by atoms with Crippen LogP contribution in [-0.4, -0.2) is 20.5 Å².